The van der Waals surface area contributed by atoms with Crippen LogP contribution in [0.15, 0.2) is 18.2 Å². The van der Waals surface area contributed by atoms with Crippen LogP contribution in [0.1, 0.15) is 22.3 Å². The number of carbonyl (C=O) groups excluding carboxylic acids is 2. The van der Waals surface area contributed by atoms with Crippen LogP contribution in [0.5, 0.6) is 0 Å². The van der Waals surface area contributed by atoms with Crippen molar-refractivity contribution in [1.29, 1.82) is 0 Å². The summed E-state index contributed by atoms with van der Waals surface area (Å²) in [6.45, 7) is 2.08. The topological polar surface area (TPSA) is 66.8 Å². The molecule has 1 aliphatic heterocycles. The summed E-state index contributed by atoms with van der Waals surface area (Å²) in [5.74, 6) is -0.734. The third-order valence-electron chi connectivity index (χ3n) is 3.44. The Kier molecular flexibility index (Phi) is 4.64. The number of methoxy groups -OCH3 is 1. The fourth-order valence-electron chi connectivity index (χ4n) is 2.37. The minimum absolute atomic E-state index is 0.155. The van der Waals surface area contributed by atoms with Crippen molar-refractivity contribution in [2.75, 3.05) is 13.7 Å². The van der Waals surface area contributed by atoms with Crippen molar-refractivity contribution < 1.29 is 19.4 Å². The van der Waals surface area contributed by atoms with Crippen molar-refractivity contribution in [3.8, 4) is 0 Å². The van der Waals surface area contributed by atoms with Crippen LogP contribution < -0.4 is 0 Å². The zero-order chi connectivity index (χ0) is 14.9. The second kappa shape index (κ2) is 6.09. The first-order valence-electron chi connectivity index (χ1n) is 6.27. The van der Waals surface area contributed by atoms with Gasteiger partial charge in [0.15, 0.2) is 0 Å². The molecule has 0 radical (unpaired) electrons. The van der Waals surface area contributed by atoms with E-state index in [4.69, 9.17) is 4.74 Å². The molecule has 0 saturated carbocycles. The van der Waals surface area contributed by atoms with Gasteiger partial charge in [-0.2, -0.15) is 0 Å². The minimum atomic E-state index is -0.709. The third kappa shape index (κ3) is 2.80. The molecule has 2 atom stereocenters. The number of hydrogen-bond acceptors (Lipinski definition) is 4. The van der Waals surface area contributed by atoms with Crippen LogP contribution >= 0.6 is 22.6 Å². The van der Waals surface area contributed by atoms with Crippen LogP contribution in [0.25, 0.3) is 0 Å². The van der Waals surface area contributed by atoms with Crippen LogP contribution in [0.2, 0.25) is 0 Å². The van der Waals surface area contributed by atoms with E-state index >= 15 is 0 Å². The van der Waals surface area contributed by atoms with E-state index in [9.17, 15) is 14.7 Å². The molecule has 20 heavy (non-hydrogen) atoms. The molecule has 0 spiro atoms. The molecule has 1 fully saturated rings. The van der Waals surface area contributed by atoms with Crippen molar-refractivity contribution in [2.24, 2.45) is 0 Å². The normalized spacial score (nSPS) is 21.9. The summed E-state index contributed by atoms with van der Waals surface area (Å²) in [4.78, 5) is 25.7. The van der Waals surface area contributed by atoms with Crippen molar-refractivity contribution >= 4 is 34.5 Å². The van der Waals surface area contributed by atoms with Gasteiger partial charge in [0, 0.05) is 16.5 Å². The Morgan fingerprint density at radius 1 is 1.45 bits per heavy atom. The number of likely N-dealkylation sites (tertiary alicyclic amines) is 1. The highest BCUT2D eigenvalue weighted by molar-refractivity contribution is 14.1. The van der Waals surface area contributed by atoms with Gasteiger partial charge in [-0.3, -0.25) is 4.79 Å². The molecule has 2 unspecified atom stereocenters. The Hall–Kier alpha value is -1.15. The second-order valence-electron chi connectivity index (χ2n) is 4.82. The lowest BCUT2D eigenvalue weighted by Crippen LogP contribution is -2.41. The Bertz CT molecular complexity index is 546. The lowest BCUT2D eigenvalue weighted by molar-refractivity contribution is -0.145. The lowest BCUT2D eigenvalue weighted by atomic mass is 10.1. The van der Waals surface area contributed by atoms with E-state index in [0.29, 0.717) is 5.56 Å². The molecule has 0 aromatic heterocycles. The second-order valence-corrected chi connectivity index (χ2v) is 5.90. The van der Waals surface area contributed by atoms with E-state index in [2.05, 4.69) is 22.6 Å². The molecule has 1 heterocycles. The first kappa shape index (κ1) is 15.2. The molecule has 1 amide bonds. The van der Waals surface area contributed by atoms with Gasteiger partial charge in [0.05, 0.1) is 18.8 Å². The maximum absolute atomic E-state index is 12.6. The summed E-state index contributed by atoms with van der Waals surface area (Å²) in [5.41, 5.74) is 1.56. The molecule has 0 bridgehead atoms. The number of rotatable bonds is 2. The molecular weight excluding hydrogens is 373 g/mol. The highest BCUT2D eigenvalue weighted by atomic mass is 127. The first-order valence-corrected chi connectivity index (χ1v) is 7.35. The zero-order valence-electron chi connectivity index (χ0n) is 11.3. The van der Waals surface area contributed by atoms with E-state index in [1.54, 1.807) is 6.07 Å². The molecular formula is C14H16INO4. The Labute approximate surface area is 131 Å². The highest BCUT2D eigenvalue weighted by Gasteiger charge is 2.40. The van der Waals surface area contributed by atoms with E-state index in [1.807, 2.05) is 19.1 Å². The average Bonchev–Trinajstić information content (AvgIpc) is 2.82. The Balaban J connectivity index is 2.31. The van der Waals surface area contributed by atoms with Gasteiger partial charge >= 0.3 is 5.97 Å². The first-order chi connectivity index (χ1) is 9.45. The summed E-state index contributed by atoms with van der Waals surface area (Å²) in [6, 6.07) is 4.76. The van der Waals surface area contributed by atoms with Crippen LogP contribution in [0, 0.1) is 10.5 Å². The Morgan fingerprint density at radius 2 is 2.15 bits per heavy atom. The maximum atomic E-state index is 12.6. The number of carbonyl (C=O) groups is 2. The van der Waals surface area contributed by atoms with Crippen molar-refractivity contribution in [1.82, 2.24) is 4.90 Å². The van der Waals surface area contributed by atoms with Crippen molar-refractivity contribution in [3.63, 3.8) is 0 Å². The molecule has 0 aliphatic carbocycles. The summed E-state index contributed by atoms with van der Waals surface area (Å²) in [6.07, 6.45) is -0.466. The molecule has 1 aliphatic rings. The number of aliphatic hydroxyl groups excluding tert-OH is 1. The smallest absolute Gasteiger partial charge is 0.328 e. The summed E-state index contributed by atoms with van der Waals surface area (Å²) in [5, 5.41) is 9.73. The van der Waals surface area contributed by atoms with E-state index in [-0.39, 0.29) is 18.9 Å². The number of benzene rings is 1. The Morgan fingerprint density at radius 3 is 2.80 bits per heavy atom. The third-order valence-corrected chi connectivity index (χ3v) is 4.87. The quantitative estimate of drug-likeness (QED) is 0.613. The lowest BCUT2D eigenvalue weighted by Gasteiger charge is -2.23. The predicted molar refractivity (Wildman–Crippen MR) is 81.4 cm³/mol. The SMILES string of the molecule is COC(=O)C1CC(O)CN1C(=O)c1cccc(C)c1I. The minimum Gasteiger partial charge on any atom is -0.467 e. The number of halogens is 1. The number of ether oxygens (including phenoxy) is 1. The van der Waals surface area contributed by atoms with Crippen molar-refractivity contribution in [3.05, 3.63) is 32.9 Å². The number of β-amino-alcohol motifs (C(OH)–C–C–N with tert-alkyl or cyclic N) is 1. The van der Waals surface area contributed by atoms with Gasteiger partial charge in [-0.05, 0) is 41.1 Å². The number of aliphatic hydroxyl groups is 1. The predicted octanol–water partition coefficient (Wildman–Crippen LogP) is 1.35. The van der Waals surface area contributed by atoms with Gasteiger partial charge < -0.3 is 14.7 Å². The molecule has 5 nitrogen and oxygen atoms in total. The molecule has 1 saturated heterocycles. The molecule has 1 aromatic carbocycles. The van der Waals surface area contributed by atoms with Gasteiger partial charge in [0.25, 0.3) is 5.91 Å². The summed E-state index contributed by atoms with van der Waals surface area (Å²) < 4.78 is 5.57. The number of esters is 1. The maximum Gasteiger partial charge on any atom is 0.328 e. The molecule has 108 valence electrons. The fraction of sp³-hybridized carbons (Fsp3) is 0.429. The van der Waals surface area contributed by atoms with E-state index < -0.39 is 18.1 Å². The largest absolute Gasteiger partial charge is 0.467 e. The fourth-order valence-corrected chi connectivity index (χ4v) is 2.96. The molecule has 1 N–H and O–H groups in total. The van der Waals surface area contributed by atoms with Gasteiger partial charge in [0.1, 0.15) is 6.04 Å². The molecule has 2 rings (SSSR count). The highest BCUT2D eigenvalue weighted by Crippen LogP contribution is 2.25. The number of aryl methyl sites for hydroxylation is 1. The number of hydrogen-bond donors (Lipinski definition) is 1. The number of amides is 1. The monoisotopic (exact) mass is 389 g/mol. The molecule has 1 aromatic rings. The standard InChI is InChI=1S/C14H16INO4/c1-8-4-3-5-10(12(8)15)13(18)16-7-9(17)6-11(16)14(19)20-2/h3-5,9,11,17H,6-7H2,1-2H3. The summed E-state index contributed by atoms with van der Waals surface area (Å²) >= 11 is 2.12. The van der Waals surface area contributed by atoms with Gasteiger partial charge in [-0.1, -0.05) is 12.1 Å². The van der Waals surface area contributed by atoms with E-state index in [0.717, 1.165) is 9.13 Å². The van der Waals surface area contributed by atoms with Gasteiger partial charge in [-0.15, -0.1) is 0 Å². The van der Waals surface area contributed by atoms with Crippen LogP contribution in [-0.4, -0.2) is 47.7 Å². The van der Waals surface area contributed by atoms with Crippen LogP contribution in [-0.2, 0) is 9.53 Å². The van der Waals surface area contributed by atoms with Crippen molar-refractivity contribution in [2.45, 2.75) is 25.5 Å². The van der Waals surface area contributed by atoms with Gasteiger partial charge in [-0.25, -0.2) is 4.79 Å². The average molecular weight is 389 g/mol. The zero-order valence-corrected chi connectivity index (χ0v) is 13.5. The van der Waals surface area contributed by atoms with E-state index in [1.165, 1.54) is 12.0 Å². The van der Waals surface area contributed by atoms with Crippen LogP contribution in [0.4, 0.5) is 0 Å². The number of nitrogens with zero attached hydrogens (tertiary/aromatic N) is 1. The summed E-state index contributed by atoms with van der Waals surface area (Å²) in [7, 11) is 1.28. The van der Waals surface area contributed by atoms with Crippen LogP contribution in [0.3, 0.4) is 0 Å². The van der Waals surface area contributed by atoms with Gasteiger partial charge in [0.2, 0.25) is 0 Å². The molecule has 6 heteroatoms.